The Bertz CT molecular complexity index is 572. The molecule has 108 valence electrons. The van der Waals surface area contributed by atoms with Crippen LogP contribution in [0.4, 0.5) is 0 Å². The molecule has 1 heterocycles. The highest BCUT2D eigenvalue weighted by atomic mass is 35.5. The van der Waals surface area contributed by atoms with Crippen LogP contribution in [-0.2, 0) is 12.0 Å². The molecule has 0 spiro atoms. The van der Waals surface area contributed by atoms with E-state index in [1.807, 2.05) is 0 Å². The first-order valence-corrected chi connectivity index (χ1v) is 6.98. The number of nitrogens with zero attached hydrogens (tertiary/aromatic N) is 4. The largest absolute Gasteiger partial charge is 0.489 e. The average molecular weight is 315 g/mol. The highest BCUT2D eigenvalue weighted by Gasteiger charge is 2.21. The van der Waals surface area contributed by atoms with Gasteiger partial charge < -0.3 is 4.74 Å². The predicted molar refractivity (Wildman–Crippen MR) is 78.5 cm³/mol. The summed E-state index contributed by atoms with van der Waals surface area (Å²) in [6, 6.07) is 5.25. The summed E-state index contributed by atoms with van der Waals surface area (Å²) in [6.45, 7) is 7.08. The van der Waals surface area contributed by atoms with E-state index in [2.05, 4.69) is 36.3 Å². The number of para-hydroxylation sites is 1. The van der Waals surface area contributed by atoms with Crippen molar-refractivity contribution in [1.82, 2.24) is 20.2 Å². The number of hydrogen-bond acceptors (Lipinski definition) is 4. The van der Waals surface area contributed by atoms with Crippen molar-refractivity contribution in [2.45, 2.75) is 32.7 Å². The summed E-state index contributed by atoms with van der Waals surface area (Å²) in [5, 5.41) is 12.7. The maximum Gasteiger partial charge on any atom is 0.156 e. The number of halogens is 2. The molecule has 0 amide bonds. The number of ether oxygens (including phenoxy) is 1. The van der Waals surface area contributed by atoms with Crippen molar-refractivity contribution in [2.24, 2.45) is 0 Å². The lowest BCUT2D eigenvalue weighted by atomic mass is 9.96. The van der Waals surface area contributed by atoms with Gasteiger partial charge in [-0.2, -0.15) is 0 Å². The molecule has 20 heavy (non-hydrogen) atoms. The lowest BCUT2D eigenvalue weighted by Crippen LogP contribution is -2.22. The Kier molecular flexibility index (Phi) is 4.50. The van der Waals surface area contributed by atoms with Gasteiger partial charge in [-0.1, -0.05) is 50.0 Å². The van der Waals surface area contributed by atoms with E-state index in [1.165, 1.54) is 0 Å². The topological polar surface area (TPSA) is 52.8 Å². The van der Waals surface area contributed by atoms with Crippen LogP contribution in [0.1, 0.15) is 26.6 Å². The molecule has 7 heteroatoms. The van der Waals surface area contributed by atoms with Crippen LogP contribution in [0.3, 0.4) is 0 Å². The van der Waals surface area contributed by atoms with Gasteiger partial charge in [0.05, 0.1) is 16.6 Å². The molecule has 1 aromatic heterocycles. The van der Waals surface area contributed by atoms with Gasteiger partial charge in [-0.25, -0.2) is 4.68 Å². The van der Waals surface area contributed by atoms with E-state index in [9.17, 15) is 0 Å². The van der Waals surface area contributed by atoms with Crippen LogP contribution in [0.25, 0.3) is 0 Å². The molecule has 0 aliphatic heterocycles. The van der Waals surface area contributed by atoms with Gasteiger partial charge in [0.2, 0.25) is 0 Å². The van der Waals surface area contributed by atoms with Crippen molar-refractivity contribution in [1.29, 1.82) is 0 Å². The molecular weight excluding hydrogens is 299 g/mol. The van der Waals surface area contributed by atoms with Gasteiger partial charge in [0.1, 0.15) is 6.61 Å². The predicted octanol–water partition coefficient (Wildman–Crippen LogP) is 3.36. The molecule has 2 rings (SSSR count). The van der Waals surface area contributed by atoms with E-state index in [0.717, 1.165) is 5.82 Å². The van der Waals surface area contributed by atoms with Crippen LogP contribution in [0.2, 0.25) is 10.0 Å². The summed E-state index contributed by atoms with van der Waals surface area (Å²) in [7, 11) is 0. The first-order valence-electron chi connectivity index (χ1n) is 6.23. The standard InChI is InChI=1S/C13H16Cl2N4O/c1-13(2,3)12-16-17-18-19(12)7-8-20-11-9(14)5-4-6-10(11)15/h4-6H,7-8H2,1-3H3. The Morgan fingerprint density at radius 3 is 2.45 bits per heavy atom. The fourth-order valence-electron chi connectivity index (χ4n) is 1.75. The zero-order chi connectivity index (χ0) is 14.8. The Hall–Kier alpha value is -1.33. The Labute approximate surface area is 127 Å². The normalized spacial score (nSPS) is 11.7. The third-order valence-electron chi connectivity index (χ3n) is 2.67. The van der Waals surface area contributed by atoms with Crippen LogP contribution in [0, 0.1) is 0 Å². The molecule has 0 aliphatic rings. The third kappa shape index (κ3) is 3.41. The fraction of sp³-hybridized carbons (Fsp3) is 0.462. The number of tetrazole rings is 1. The Morgan fingerprint density at radius 1 is 1.20 bits per heavy atom. The second-order valence-corrected chi connectivity index (χ2v) is 6.19. The van der Waals surface area contributed by atoms with Crippen LogP contribution in [-0.4, -0.2) is 26.8 Å². The zero-order valence-electron chi connectivity index (χ0n) is 11.6. The van der Waals surface area contributed by atoms with Gasteiger partial charge in [0.15, 0.2) is 11.6 Å². The lowest BCUT2D eigenvalue weighted by molar-refractivity contribution is 0.283. The molecule has 0 atom stereocenters. The van der Waals surface area contributed by atoms with Crippen LogP contribution in [0.5, 0.6) is 5.75 Å². The van der Waals surface area contributed by atoms with Gasteiger partial charge in [0, 0.05) is 5.41 Å². The SMILES string of the molecule is CC(C)(C)c1nnnn1CCOc1c(Cl)cccc1Cl. The molecular formula is C13H16Cl2N4O. The van der Waals surface area contributed by atoms with Crippen LogP contribution >= 0.6 is 23.2 Å². The Morgan fingerprint density at radius 2 is 1.85 bits per heavy atom. The summed E-state index contributed by atoms with van der Waals surface area (Å²) in [5.74, 6) is 1.30. The first-order chi connectivity index (χ1) is 9.39. The van der Waals surface area contributed by atoms with Crippen molar-refractivity contribution in [3.05, 3.63) is 34.1 Å². The lowest BCUT2D eigenvalue weighted by Gasteiger charge is -2.17. The van der Waals surface area contributed by atoms with E-state index in [4.69, 9.17) is 27.9 Å². The van der Waals surface area contributed by atoms with E-state index >= 15 is 0 Å². The number of benzene rings is 1. The maximum absolute atomic E-state index is 6.04. The minimum atomic E-state index is -0.120. The van der Waals surface area contributed by atoms with Crippen LogP contribution in [0.15, 0.2) is 18.2 Å². The van der Waals surface area contributed by atoms with Gasteiger partial charge >= 0.3 is 0 Å². The number of hydrogen-bond donors (Lipinski definition) is 0. The summed E-state index contributed by atoms with van der Waals surface area (Å²) < 4.78 is 7.36. The van der Waals surface area contributed by atoms with E-state index in [0.29, 0.717) is 28.9 Å². The highest BCUT2D eigenvalue weighted by Crippen LogP contribution is 2.32. The number of aromatic nitrogens is 4. The first kappa shape index (κ1) is 15.1. The minimum absolute atomic E-state index is 0.120. The van der Waals surface area contributed by atoms with E-state index < -0.39 is 0 Å². The minimum Gasteiger partial charge on any atom is -0.489 e. The molecule has 0 saturated heterocycles. The summed E-state index contributed by atoms with van der Waals surface area (Å²) in [6.07, 6.45) is 0. The highest BCUT2D eigenvalue weighted by molar-refractivity contribution is 6.37. The summed E-state index contributed by atoms with van der Waals surface area (Å²) >= 11 is 12.1. The number of rotatable bonds is 4. The van der Waals surface area contributed by atoms with E-state index in [1.54, 1.807) is 22.9 Å². The molecule has 0 aliphatic carbocycles. The molecule has 0 saturated carbocycles. The van der Waals surface area contributed by atoms with Crippen molar-refractivity contribution < 1.29 is 4.74 Å². The second kappa shape index (κ2) is 5.97. The second-order valence-electron chi connectivity index (χ2n) is 5.37. The molecule has 0 radical (unpaired) electrons. The zero-order valence-corrected chi connectivity index (χ0v) is 13.1. The molecule has 0 bridgehead atoms. The van der Waals surface area contributed by atoms with Gasteiger partial charge in [-0.05, 0) is 22.6 Å². The summed E-state index contributed by atoms with van der Waals surface area (Å²) in [4.78, 5) is 0. The van der Waals surface area contributed by atoms with Gasteiger partial charge in [0.25, 0.3) is 0 Å². The molecule has 5 nitrogen and oxygen atoms in total. The van der Waals surface area contributed by atoms with E-state index in [-0.39, 0.29) is 5.41 Å². The van der Waals surface area contributed by atoms with Crippen molar-refractivity contribution in [2.75, 3.05) is 6.61 Å². The fourth-order valence-corrected chi connectivity index (χ4v) is 2.25. The Balaban J connectivity index is 2.02. The summed E-state index contributed by atoms with van der Waals surface area (Å²) in [5.41, 5.74) is -0.120. The molecule has 2 aromatic rings. The van der Waals surface area contributed by atoms with Gasteiger partial charge in [-0.15, -0.1) is 5.10 Å². The molecule has 0 N–H and O–H groups in total. The van der Waals surface area contributed by atoms with Crippen molar-refractivity contribution >= 4 is 23.2 Å². The third-order valence-corrected chi connectivity index (χ3v) is 3.27. The molecule has 0 fully saturated rings. The smallest absolute Gasteiger partial charge is 0.156 e. The van der Waals surface area contributed by atoms with Crippen molar-refractivity contribution in [3.8, 4) is 5.75 Å². The van der Waals surface area contributed by atoms with Gasteiger partial charge in [-0.3, -0.25) is 0 Å². The monoisotopic (exact) mass is 314 g/mol. The van der Waals surface area contributed by atoms with Crippen molar-refractivity contribution in [3.63, 3.8) is 0 Å². The molecule has 0 unspecified atom stereocenters. The van der Waals surface area contributed by atoms with Crippen LogP contribution < -0.4 is 4.74 Å². The maximum atomic E-state index is 6.04. The molecule has 1 aromatic carbocycles. The quantitative estimate of drug-likeness (QED) is 0.868. The average Bonchev–Trinajstić information content (AvgIpc) is 2.81.